The summed E-state index contributed by atoms with van der Waals surface area (Å²) in [5.74, 6) is 0.863. The molecule has 114 valence electrons. The van der Waals surface area contributed by atoms with Crippen LogP contribution < -0.4 is 10.6 Å². The summed E-state index contributed by atoms with van der Waals surface area (Å²) in [6, 6.07) is 8.66. The van der Waals surface area contributed by atoms with Crippen molar-refractivity contribution in [1.29, 1.82) is 0 Å². The Balaban J connectivity index is 1.97. The van der Waals surface area contributed by atoms with Crippen LogP contribution in [0.2, 0.25) is 0 Å². The van der Waals surface area contributed by atoms with Crippen molar-refractivity contribution >= 4 is 38.7 Å². The van der Waals surface area contributed by atoms with Gasteiger partial charge < -0.3 is 10.6 Å². The first-order valence-electron chi connectivity index (χ1n) is 7.50. The SMILES string of the molecule is CCC(C)Nc1ccccc1Nc1ncnc2scc(C)c12. The van der Waals surface area contributed by atoms with E-state index in [4.69, 9.17) is 0 Å². The second-order valence-corrected chi connectivity index (χ2v) is 6.30. The predicted octanol–water partition coefficient (Wildman–Crippen LogP) is 4.95. The molecule has 2 heterocycles. The fourth-order valence-electron chi connectivity index (χ4n) is 2.33. The molecule has 2 aromatic heterocycles. The van der Waals surface area contributed by atoms with Crippen LogP contribution in [0.15, 0.2) is 36.0 Å². The van der Waals surface area contributed by atoms with Crippen molar-refractivity contribution in [2.45, 2.75) is 33.2 Å². The number of nitrogens with zero attached hydrogens (tertiary/aromatic N) is 2. The van der Waals surface area contributed by atoms with E-state index in [0.29, 0.717) is 6.04 Å². The minimum absolute atomic E-state index is 0.427. The number of hydrogen-bond acceptors (Lipinski definition) is 5. The maximum atomic E-state index is 4.43. The molecule has 2 N–H and O–H groups in total. The lowest BCUT2D eigenvalue weighted by atomic mass is 10.2. The Morgan fingerprint density at radius 1 is 1.18 bits per heavy atom. The van der Waals surface area contributed by atoms with Gasteiger partial charge in [-0.3, -0.25) is 0 Å². The van der Waals surface area contributed by atoms with Crippen molar-refractivity contribution in [3.05, 3.63) is 41.5 Å². The molecule has 0 saturated carbocycles. The number of aromatic nitrogens is 2. The highest BCUT2D eigenvalue weighted by Crippen LogP contribution is 2.32. The molecule has 0 bridgehead atoms. The normalized spacial score (nSPS) is 12.3. The van der Waals surface area contributed by atoms with E-state index >= 15 is 0 Å². The van der Waals surface area contributed by atoms with Crippen molar-refractivity contribution in [1.82, 2.24) is 9.97 Å². The lowest BCUT2D eigenvalue weighted by Gasteiger charge is -2.17. The maximum absolute atomic E-state index is 4.43. The summed E-state index contributed by atoms with van der Waals surface area (Å²) in [5.41, 5.74) is 3.33. The minimum Gasteiger partial charge on any atom is -0.381 e. The van der Waals surface area contributed by atoms with Gasteiger partial charge in [0.25, 0.3) is 0 Å². The van der Waals surface area contributed by atoms with Gasteiger partial charge in [-0.2, -0.15) is 0 Å². The van der Waals surface area contributed by atoms with Crippen LogP contribution in [0.3, 0.4) is 0 Å². The zero-order chi connectivity index (χ0) is 15.5. The largest absolute Gasteiger partial charge is 0.381 e. The summed E-state index contributed by atoms with van der Waals surface area (Å²) in [6.07, 6.45) is 2.70. The molecule has 3 aromatic rings. The van der Waals surface area contributed by atoms with Crippen LogP contribution in [0.4, 0.5) is 17.2 Å². The number of nitrogens with one attached hydrogen (secondary N) is 2. The Labute approximate surface area is 134 Å². The summed E-state index contributed by atoms with van der Waals surface area (Å²) in [4.78, 5) is 9.79. The molecule has 0 saturated heterocycles. The third-order valence-electron chi connectivity index (χ3n) is 3.75. The lowest BCUT2D eigenvalue weighted by molar-refractivity contribution is 0.764. The average Bonchev–Trinajstić information content (AvgIpc) is 2.91. The summed E-state index contributed by atoms with van der Waals surface area (Å²) >= 11 is 1.65. The van der Waals surface area contributed by atoms with Crippen LogP contribution in [0.5, 0.6) is 0 Å². The number of fused-ring (bicyclic) bond motifs is 1. The zero-order valence-electron chi connectivity index (χ0n) is 13.1. The standard InChI is InChI=1S/C17H20N4S/c1-4-12(3)20-13-7-5-6-8-14(13)21-16-15-11(2)9-22-17(15)19-10-18-16/h5-10,12,20H,4H2,1-3H3,(H,18,19,21). The molecule has 0 fully saturated rings. The average molecular weight is 312 g/mol. The minimum atomic E-state index is 0.427. The molecular formula is C17H20N4S. The van der Waals surface area contributed by atoms with Crippen LogP contribution in [0.25, 0.3) is 10.2 Å². The van der Waals surface area contributed by atoms with Crippen molar-refractivity contribution < 1.29 is 0 Å². The monoisotopic (exact) mass is 312 g/mol. The second kappa shape index (κ2) is 6.32. The van der Waals surface area contributed by atoms with Gasteiger partial charge in [-0.25, -0.2) is 9.97 Å². The van der Waals surface area contributed by atoms with Crippen molar-refractivity contribution in [3.63, 3.8) is 0 Å². The van der Waals surface area contributed by atoms with E-state index in [9.17, 15) is 0 Å². The number of rotatable bonds is 5. The molecule has 0 aliphatic carbocycles. The zero-order valence-corrected chi connectivity index (χ0v) is 13.9. The molecule has 4 nitrogen and oxygen atoms in total. The third kappa shape index (κ3) is 2.90. The van der Waals surface area contributed by atoms with Gasteiger partial charge in [-0.1, -0.05) is 19.1 Å². The molecule has 1 aromatic carbocycles. The van der Waals surface area contributed by atoms with Crippen LogP contribution >= 0.6 is 11.3 Å². The second-order valence-electron chi connectivity index (χ2n) is 5.45. The number of aryl methyl sites for hydroxylation is 1. The topological polar surface area (TPSA) is 49.8 Å². The molecule has 5 heteroatoms. The van der Waals surface area contributed by atoms with Gasteiger partial charge in [0.2, 0.25) is 0 Å². The smallest absolute Gasteiger partial charge is 0.142 e. The number of benzene rings is 1. The van der Waals surface area contributed by atoms with Crippen molar-refractivity contribution in [2.75, 3.05) is 10.6 Å². The van der Waals surface area contributed by atoms with Crippen LogP contribution in [-0.2, 0) is 0 Å². The molecule has 0 aliphatic rings. The van der Waals surface area contributed by atoms with Gasteiger partial charge in [-0.15, -0.1) is 11.3 Å². The predicted molar refractivity (Wildman–Crippen MR) is 95.3 cm³/mol. The quantitative estimate of drug-likeness (QED) is 0.699. The Hall–Kier alpha value is -2.14. The van der Waals surface area contributed by atoms with Gasteiger partial charge in [0.15, 0.2) is 0 Å². The molecule has 0 spiro atoms. The summed E-state index contributed by atoms with van der Waals surface area (Å²) < 4.78 is 0. The number of thiophene rings is 1. The Bertz CT molecular complexity index is 781. The molecule has 22 heavy (non-hydrogen) atoms. The molecule has 3 rings (SSSR count). The molecular weight excluding hydrogens is 292 g/mol. The molecule has 0 radical (unpaired) electrons. The van der Waals surface area contributed by atoms with E-state index in [1.807, 2.05) is 12.1 Å². The van der Waals surface area contributed by atoms with Crippen LogP contribution in [-0.4, -0.2) is 16.0 Å². The van der Waals surface area contributed by atoms with Gasteiger partial charge in [-0.05, 0) is 43.3 Å². The fraction of sp³-hybridized carbons (Fsp3) is 0.294. The van der Waals surface area contributed by atoms with Crippen LogP contribution in [0, 0.1) is 6.92 Å². The van der Waals surface area contributed by atoms with Crippen molar-refractivity contribution in [3.8, 4) is 0 Å². The fourth-order valence-corrected chi connectivity index (χ4v) is 3.21. The first-order chi connectivity index (χ1) is 10.7. The van der Waals surface area contributed by atoms with Crippen molar-refractivity contribution in [2.24, 2.45) is 0 Å². The van der Waals surface area contributed by atoms with E-state index < -0.39 is 0 Å². The highest BCUT2D eigenvalue weighted by molar-refractivity contribution is 7.17. The van der Waals surface area contributed by atoms with Crippen LogP contribution in [0.1, 0.15) is 25.8 Å². The summed E-state index contributed by atoms with van der Waals surface area (Å²) in [7, 11) is 0. The van der Waals surface area contributed by atoms with Gasteiger partial charge in [0, 0.05) is 6.04 Å². The number of anilines is 3. The Morgan fingerprint density at radius 3 is 2.73 bits per heavy atom. The Morgan fingerprint density at radius 2 is 1.95 bits per heavy atom. The van der Waals surface area contributed by atoms with Gasteiger partial charge in [0.1, 0.15) is 17.0 Å². The molecule has 0 amide bonds. The maximum Gasteiger partial charge on any atom is 0.142 e. The molecule has 1 atom stereocenters. The first-order valence-corrected chi connectivity index (χ1v) is 8.38. The van der Waals surface area contributed by atoms with Gasteiger partial charge >= 0.3 is 0 Å². The van der Waals surface area contributed by atoms with E-state index in [0.717, 1.165) is 33.8 Å². The number of hydrogen-bond donors (Lipinski definition) is 2. The first kappa shape index (κ1) is 14.8. The highest BCUT2D eigenvalue weighted by atomic mass is 32.1. The summed E-state index contributed by atoms with van der Waals surface area (Å²) in [6.45, 7) is 6.45. The van der Waals surface area contributed by atoms with E-state index in [1.165, 1.54) is 5.56 Å². The lowest BCUT2D eigenvalue weighted by Crippen LogP contribution is -2.14. The van der Waals surface area contributed by atoms with E-state index in [-0.39, 0.29) is 0 Å². The highest BCUT2D eigenvalue weighted by Gasteiger charge is 2.11. The summed E-state index contributed by atoms with van der Waals surface area (Å²) in [5, 5.41) is 10.2. The molecule has 0 aliphatic heterocycles. The van der Waals surface area contributed by atoms with E-state index in [2.05, 4.69) is 58.9 Å². The van der Waals surface area contributed by atoms with Gasteiger partial charge in [0.05, 0.1) is 16.8 Å². The molecule has 1 unspecified atom stereocenters. The number of para-hydroxylation sites is 2. The third-order valence-corrected chi connectivity index (χ3v) is 4.75. The van der Waals surface area contributed by atoms with E-state index in [1.54, 1.807) is 17.7 Å². The Kier molecular flexibility index (Phi) is 4.24.